The third kappa shape index (κ3) is 6.05. The molecule has 3 heteroatoms. The molecule has 1 aliphatic carbocycles. The predicted octanol–water partition coefficient (Wildman–Crippen LogP) is 2.39. The minimum Gasteiger partial charge on any atom is -0.306 e. The molecule has 1 unspecified atom stereocenters. The first-order chi connectivity index (χ1) is 7.95. The SMILES string of the molecule is CC(C)CCN(C)CCC(C)(C#N)NC1CC1. The smallest absolute Gasteiger partial charge is 0.105 e. The van der Waals surface area contributed by atoms with Gasteiger partial charge in [-0.05, 0) is 52.1 Å². The maximum atomic E-state index is 9.26. The van der Waals surface area contributed by atoms with Crippen molar-refractivity contribution >= 4 is 0 Å². The number of hydrogen-bond donors (Lipinski definition) is 1. The van der Waals surface area contributed by atoms with Crippen molar-refractivity contribution in [2.24, 2.45) is 5.92 Å². The topological polar surface area (TPSA) is 39.1 Å². The van der Waals surface area contributed by atoms with Crippen LogP contribution in [-0.4, -0.2) is 36.6 Å². The van der Waals surface area contributed by atoms with E-state index in [4.69, 9.17) is 0 Å². The Balaban J connectivity index is 2.24. The normalized spacial score (nSPS) is 19.4. The van der Waals surface area contributed by atoms with E-state index < -0.39 is 0 Å². The molecule has 1 aliphatic rings. The van der Waals surface area contributed by atoms with Gasteiger partial charge in [-0.15, -0.1) is 0 Å². The molecule has 0 aromatic heterocycles. The standard InChI is InChI=1S/C14H27N3/c1-12(2)7-9-17(4)10-8-14(3,11-15)16-13-5-6-13/h12-13,16H,5-10H2,1-4H3. The summed E-state index contributed by atoms with van der Waals surface area (Å²) in [5.74, 6) is 0.754. The molecule has 0 spiro atoms. The number of nitrogens with zero attached hydrogens (tertiary/aromatic N) is 2. The van der Waals surface area contributed by atoms with Crippen molar-refractivity contribution in [3.63, 3.8) is 0 Å². The predicted molar refractivity (Wildman–Crippen MR) is 71.7 cm³/mol. The van der Waals surface area contributed by atoms with E-state index in [2.05, 4.69) is 37.2 Å². The molecule has 0 radical (unpaired) electrons. The van der Waals surface area contributed by atoms with Crippen LogP contribution in [0.1, 0.15) is 46.5 Å². The van der Waals surface area contributed by atoms with Crippen LogP contribution in [0.15, 0.2) is 0 Å². The molecule has 98 valence electrons. The van der Waals surface area contributed by atoms with Crippen LogP contribution < -0.4 is 5.32 Å². The van der Waals surface area contributed by atoms with Gasteiger partial charge in [-0.25, -0.2) is 0 Å². The molecule has 0 amide bonds. The summed E-state index contributed by atoms with van der Waals surface area (Å²) in [6, 6.07) is 3.03. The van der Waals surface area contributed by atoms with Gasteiger partial charge in [0.1, 0.15) is 5.54 Å². The van der Waals surface area contributed by atoms with Crippen LogP contribution >= 0.6 is 0 Å². The Labute approximate surface area is 106 Å². The first-order valence-electron chi connectivity index (χ1n) is 6.82. The Morgan fingerprint density at radius 3 is 2.53 bits per heavy atom. The molecule has 0 aliphatic heterocycles. The molecule has 0 saturated heterocycles. The molecule has 1 rings (SSSR count). The van der Waals surface area contributed by atoms with Gasteiger partial charge in [-0.3, -0.25) is 5.32 Å². The van der Waals surface area contributed by atoms with Crippen molar-refractivity contribution in [3.05, 3.63) is 0 Å². The van der Waals surface area contributed by atoms with Crippen LogP contribution in [0.2, 0.25) is 0 Å². The third-order valence-corrected chi connectivity index (χ3v) is 3.43. The van der Waals surface area contributed by atoms with E-state index in [9.17, 15) is 5.26 Å². The van der Waals surface area contributed by atoms with E-state index in [0.717, 1.165) is 25.4 Å². The van der Waals surface area contributed by atoms with Gasteiger partial charge in [-0.1, -0.05) is 13.8 Å². The van der Waals surface area contributed by atoms with Crippen LogP contribution in [0.5, 0.6) is 0 Å². The third-order valence-electron chi connectivity index (χ3n) is 3.43. The lowest BCUT2D eigenvalue weighted by atomic mass is 9.99. The molecule has 17 heavy (non-hydrogen) atoms. The van der Waals surface area contributed by atoms with Crippen molar-refractivity contribution < 1.29 is 0 Å². The minimum atomic E-state index is -0.340. The highest BCUT2D eigenvalue weighted by Crippen LogP contribution is 2.23. The Bertz CT molecular complexity index is 265. The van der Waals surface area contributed by atoms with Crippen LogP contribution in [0.25, 0.3) is 0 Å². The van der Waals surface area contributed by atoms with Crippen LogP contribution in [-0.2, 0) is 0 Å². The molecule has 1 atom stereocenters. The molecule has 1 N–H and O–H groups in total. The highest BCUT2D eigenvalue weighted by molar-refractivity contribution is 5.07. The largest absolute Gasteiger partial charge is 0.306 e. The monoisotopic (exact) mass is 237 g/mol. The Morgan fingerprint density at radius 1 is 1.41 bits per heavy atom. The molecule has 0 bridgehead atoms. The molecule has 1 fully saturated rings. The lowest BCUT2D eigenvalue weighted by Crippen LogP contribution is -2.44. The number of hydrogen-bond acceptors (Lipinski definition) is 3. The fourth-order valence-corrected chi connectivity index (χ4v) is 1.84. The molecule has 3 nitrogen and oxygen atoms in total. The van der Waals surface area contributed by atoms with Gasteiger partial charge in [0.25, 0.3) is 0 Å². The summed E-state index contributed by atoms with van der Waals surface area (Å²) < 4.78 is 0. The number of rotatable bonds is 8. The summed E-state index contributed by atoms with van der Waals surface area (Å²) in [5.41, 5.74) is -0.340. The average Bonchev–Trinajstić information content (AvgIpc) is 3.07. The highest BCUT2D eigenvalue weighted by atomic mass is 15.1. The second kappa shape index (κ2) is 6.37. The fraction of sp³-hybridized carbons (Fsp3) is 0.929. The first-order valence-corrected chi connectivity index (χ1v) is 6.82. The zero-order chi connectivity index (χ0) is 12.9. The van der Waals surface area contributed by atoms with Crippen molar-refractivity contribution in [2.45, 2.75) is 58.0 Å². The van der Waals surface area contributed by atoms with Gasteiger partial charge in [0, 0.05) is 12.6 Å². The van der Waals surface area contributed by atoms with E-state index in [0.29, 0.717) is 6.04 Å². The summed E-state index contributed by atoms with van der Waals surface area (Å²) in [4.78, 5) is 2.34. The van der Waals surface area contributed by atoms with E-state index in [-0.39, 0.29) is 5.54 Å². The fourth-order valence-electron chi connectivity index (χ4n) is 1.84. The summed E-state index contributed by atoms with van der Waals surface area (Å²) in [7, 11) is 2.15. The van der Waals surface area contributed by atoms with E-state index in [1.54, 1.807) is 0 Å². The van der Waals surface area contributed by atoms with Gasteiger partial charge < -0.3 is 4.90 Å². The maximum Gasteiger partial charge on any atom is 0.105 e. The summed E-state index contributed by atoms with van der Waals surface area (Å²) in [5, 5.41) is 12.7. The van der Waals surface area contributed by atoms with Gasteiger partial charge in [0.2, 0.25) is 0 Å². The van der Waals surface area contributed by atoms with E-state index >= 15 is 0 Å². The Hall–Kier alpha value is -0.590. The molecular weight excluding hydrogens is 210 g/mol. The highest BCUT2D eigenvalue weighted by Gasteiger charge is 2.32. The Morgan fingerprint density at radius 2 is 2.06 bits per heavy atom. The minimum absolute atomic E-state index is 0.340. The van der Waals surface area contributed by atoms with Crippen LogP contribution in [0, 0.1) is 17.2 Å². The van der Waals surface area contributed by atoms with Crippen molar-refractivity contribution in [1.82, 2.24) is 10.2 Å². The zero-order valence-electron chi connectivity index (χ0n) is 11.8. The lowest BCUT2D eigenvalue weighted by Gasteiger charge is -2.26. The van der Waals surface area contributed by atoms with Crippen molar-refractivity contribution in [3.8, 4) is 6.07 Å². The summed E-state index contributed by atoms with van der Waals surface area (Å²) in [6.45, 7) is 8.66. The lowest BCUT2D eigenvalue weighted by molar-refractivity contribution is 0.273. The number of nitrogens with one attached hydrogen (secondary N) is 1. The second-order valence-corrected chi connectivity index (χ2v) is 6.10. The maximum absolute atomic E-state index is 9.26. The second-order valence-electron chi connectivity index (χ2n) is 6.10. The molecule has 0 aromatic carbocycles. The Kier molecular flexibility index (Phi) is 5.42. The molecule has 1 saturated carbocycles. The first kappa shape index (κ1) is 14.5. The van der Waals surface area contributed by atoms with Gasteiger partial charge in [-0.2, -0.15) is 5.26 Å². The summed E-state index contributed by atoms with van der Waals surface area (Å²) >= 11 is 0. The van der Waals surface area contributed by atoms with Crippen LogP contribution in [0.3, 0.4) is 0 Å². The number of nitriles is 1. The van der Waals surface area contributed by atoms with Crippen molar-refractivity contribution in [1.29, 1.82) is 5.26 Å². The van der Waals surface area contributed by atoms with Crippen molar-refractivity contribution in [2.75, 3.05) is 20.1 Å². The van der Waals surface area contributed by atoms with E-state index in [1.165, 1.54) is 19.3 Å². The quantitative estimate of drug-likeness (QED) is 0.704. The van der Waals surface area contributed by atoms with Gasteiger partial charge in [0.05, 0.1) is 6.07 Å². The van der Waals surface area contributed by atoms with Crippen LogP contribution in [0.4, 0.5) is 0 Å². The van der Waals surface area contributed by atoms with Gasteiger partial charge in [0.15, 0.2) is 0 Å². The zero-order valence-corrected chi connectivity index (χ0v) is 11.8. The molecule has 0 heterocycles. The van der Waals surface area contributed by atoms with Gasteiger partial charge >= 0.3 is 0 Å². The molecule has 0 aromatic rings. The summed E-state index contributed by atoms with van der Waals surface area (Å²) in [6.07, 6.45) is 4.62. The molecular formula is C14H27N3. The average molecular weight is 237 g/mol. The van der Waals surface area contributed by atoms with E-state index in [1.807, 2.05) is 6.92 Å².